The fourth-order valence-electron chi connectivity index (χ4n) is 4.00. The Kier molecular flexibility index (Phi) is 6.96. The molecule has 1 aliphatic carbocycles. The molecule has 0 atom stereocenters. The zero-order valence-electron chi connectivity index (χ0n) is 18.4. The van der Waals surface area contributed by atoms with Crippen molar-refractivity contribution >= 4 is 23.3 Å². The summed E-state index contributed by atoms with van der Waals surface area (Å²) in [5, 5.41) is 13.0. The highest BCUT2D eigenvalue weighted by molar-refractivity contribution is 5.97. The number of ether oxygens (including phenoxy) is 1. The van der Waals surface area contributed by atoms with Crippen LogP contribution in [-0.2, 0) is 9.53 Å². The summed E-state index contributed by atoms with van der Waals surface area (Å²) in [4.78, 5) is 26.9. The van der Waals surface area contributed by atoms with Crippen molar-refractivity contribution in [3.8, 4) is 6.07 Å². The second kappa shape index (κ2) is 9.65. The van der Waals surface area contributed by atoms with Gasteiger partial charge in [0.25, 0.3) is 5.91 Å². The lowest BCUT2D eigenvalue weighted by atomic mass is 9.81. The van der Waals surface area contributed by atoms with Crippen molar-refractivity contribution in [1.82, 2.24) is 4.90 Å². The molecular weight excluding hydrogens is 390 g/mol. The second-order valence-electron chi connectivity index (χ2n) is 8.15. The lowest BCUT2D eigenvalue weighted by molar-refractivity contribution is -0.138. The van der Waals surface area contributed by atoms with Crippen LogP contribution in [0.1, 0.15) is 53.6 Å². The van der Waals surface area contributed by atoms with Crippen molar-refractivity contribution in [2.75, 3.05) is 19.0 Å². The highest BCUT2D eigenvalue weighted by atomic mass is 16.5. The number of amides is 1. The molecule has 0 heterocycles. The molecule has 3 rings (SSSR count). The number of para-hydroxylation sites is 1. The van der Waals surface area contributed by atoms with Crippen LogP contribution in [0.3, 0.4) is 0 Å². The third-order valence-corrected chi connectivity index (χ3v) is 6.25. The lowest BCUT2D eigenvalue weighted by Crippen LogP contribution is -2.51. The third-order valence-electron chi connectivity index (χ3n) is 6.25. The monoisotopic (exact) mass is 419 g/mol. The minimum absolute atomic E-state index is 0.353. The molecule has 1 amide bonds. The third kappa shape index (κ3) is 4.88. The van der Waals surface area contributed by atoms with Gasteiger partial charge in [-0.1, -0.05) is 43.5 Å². The maximum atomic E-state index is 12.8. The van der Waals surface area contributed by atoms with E-state index in [1.165, 1.54) is 4.90 Å². The number of benzene rings is 2. The summed E-state index contributed by atoms with van der Waals surface area (Å²) < 4.78 is 5.34. The SMILES string of the molecule is Cc1cccc(Nc2ccccc2C(=O)OCC(=O)N(C)C2(C#N)CCCCC2)c1C. The molecule has 162 valence electrons. The van der Waals surface area contributed by atoms with Gasteiger partial charge in [-0.2, -0.15) is 5.26 Å². The van der Waals surface area contributed by atoms with Crippen LogP contribution in [0.5, 0.6) is 0 Å². The van der Waals surface area contributed by atoms with Crippen LogP contribution in [0.2, 0.25) is 0 Å². The second-order valence-corrected chi connectivity index (χ2v) is 8.15. The van der Waals surface area contributed by atoms with Crippen LogP contribution in [0.25, 0.3) is 0 Å². The summed E-state index contributed by atoms with van der Waals surface area (Å²) in [7, 11) is 1.63. The number of rotatable bonds is 6. The average molecular weight is 420 g/mol. The van der Waals surface area contributed by atoms with Crippen molar-refractivity contribution in [2.24, 2.45) is 0 Å². The number of nitrogens with one attached hydrogen (secondary N) is 1. The average Bonchev–Trinajstić information content (AvgIpc) is 2.80. The van der Waals surface area contributed by atoms with Crippen LogP contribution >= 0.6 is 0 Å². The van der Waals surface area contributed by atoms with E-state index in [4.69, 9.17) is 4.74 Å². The van der Waals surface area contributed by atoms with Crippen LogP contribution in [0, 0.1) is 25.2 Å². The Morgan fingerprint density at radius 2 is 1.74 bits per heavy atom. The van der Waals surface area contributed by atoms with Gasteiger partial charge in [-0.25, -0.2) is 4.79 Å². The standard InChI is InChI=1S/C25H29N3O3/c1-18-10-9-13-21(19(18)2)27-22-12-6-5-11-20(22)24(30)31-16-23(29)28(3)25(17-26)14-7-4-8-15-25/h5-6,9-13,27H,4,7-8,14-16H2,1-3H3. The first-order valence-corrected chi connectivity index (χ1v) is 10.7. The van der Waals surface area contributed by atoms with Gasteiger partial charge >= 0.3 is 5.97 Å². The van der Waals surface area contributed by atoms with Crippen LogP contribution in [0.15, 0.2) is 42.5 Å². The Bertz CT molecular complexity index is 1000. The molecule has 1 saturated carbocycles. The minimum Gasteiger partial charge on any atom is -0.452 e. The Labute approximate surface area is 183 Å². The van der Waals surface area contributed by atoms with E-state index in [2.05, 4.69) is 11.4 Å². The molecule has 0 aromatic heterocycles. The van der Waals surface area contributed by atoms with Crippen molar-refractivity contribution < 1.29 is 14.3 Å². The fourth-order valence-corrected chi connectivity index (χ4v) is 4.00. The lowest BCUT2D eigenvalue weighted by Gasteiger charge is -2.38. The molecule has 2 aromatic carbocycles. The van der Waals surface area contributed by atoms with E-state index in [9.17, 15) is 14.9 Å². The molecule has 1 aliphatic rings. The Morgan fingerprint density at radius 1 is 1.06 bits per heavy atom. The minimum atomic E-state index is -0.802. The first-order chi connectivity index (χ1) is 14.9. The predicted molar refractivity (Wildman–Crippen MR) is 120 cm³/mol. The number of esters is 1. The summed E-state index contributed by atoms with van der Waals surface area (Å²) >= 11 is 0. The number of nitrogens with zero attached hydrogens (tertiary/aromatic N) is 2. The molecule has 0 unspecified atom stereocenters. The number of hydrogen-bond donors (Lipinski definition) is 1. The van der Waals surface area contributed by atoms with Gasteiger partial charge in [-0.15, -0.1) is 0 Å². The van der Waals surface area contributed by atoms with Gasteiger partial charge in [-0.3, -0.25) is 4.79 Å². The molecule has 0 aliphatic heterocycles. The summed E-state index contributed by atoms with van der Waals surface area (Å²) in [6.07, 6.45) is 4.22. The fraction of sp³-hybridized carbons (Fsp3) is 0.400. The normalized spacial score (nSPS) is 14.9. The maximum absolute atomic E-state index is 12.8. The van der Waals surface area contributed by atoms with Crippen LogP contribution in [0.4, 0.5) is 11.4 Å². The number of aryl methyl sites for hydroxylation is 1. The van der Waals surface area contributed by atoms with E-state index in [0.29, 0.717) is 24.1 Å². The van der Waals surface area contributed by atoms with E-state index in [-0.39, 0.29) is 5.91 Å². The van der Waals surface area contributed by atoms with Gasteiger partial charge in [-0.05, 0) is 56.0 Å². The topological polar surface area (TPSA) is 82.4 Å². The van der Waals surface area contributed by atoms with Gasteiger partial charge in [0.05, 0.1) is 17.3 Å². The zero-order valence-corrected chi connectivity index (χ0v) is 18.4. The van der Waals surface area contributed by atoms with Gasteiger partial charge in [0.1, 0.15) is 5.54 Å². The van der Waals surface area contributed by atoms with E-state index in [1.54, 1.807) is 25.2 Å². The Morgan fingerprint density at radius 3 is 2.45 bits per heavy atom. The van der Waals surface area contributed by atoms with Gasteiger partial charge in [0.2, 0.25) is 0 Å². The van der Waals surface area contributed by atoms with E-state index < -0.39 is 18.1 Å². The molecule has 2 aromatic rings. The number of hydrogen-bond acceptors (Lipinski definition) is 5. The summed E-state index contributed by atoms with van der Waals surface area (Å²) in [5.74, 6) is -0.943. The molecule has 0 bridgehead atoms. The summed E-state index contributed by atoms with van der Waals surface area (Å²) in [6.45, 7) is 3.66. The molecule has 0 radical (unpaired) electrons. The smallest absolute Gasteiger partial charge is 0.340 e. The molecule has 31 heavy (non-hydrogen) atoms. The largest absolute Gasteiger partial charge is 0.452 e. The number of anilines is 2. The number of likely N-dealkylation sites (N-methyl/N-ethyl adjacent to an activating group) is 1. The van der Waals surface area contributed by atoms with Gasteiger partial charge in [0.15, 0.2) is 6.61 Å². The first-order valence-electron chi connectivity index (χ1n) is 10.7. The number of nitriles is 1. The van der Waals surface area contributed by atoms with E-state index >= 15 is 0 Å². The van der Waals surface area contributed by atoms with Crippen molar-refractivity contribution in [3.63, 3.8) is 0 Å². The molecular formula is C25H29N3O3. The predicted octanol–water partition coefficient (Wildman–Crippen LogP) is 4.89. The Balaban J connectivity index is 1.69. The van der Waals surface area contributed by atoms with Crippen molar-refractivity contribution in [2.45, 2.75) is 51.5 Å². The molecule has 1 N–H and O–H groups in total. The zero-order chi connectivity index (χ0) is 22.4. The van der Waals surface area contributed by atoms with Gasteiger partial charge in [0, 0.05) is 12.7 Å². The molecule has 0 spiro atoms. The Hall–Kier alpha value is -3.33. The number of carbonyl (C=O) groups excluding carboxylic acids is 2. The van der Waals surface area contributed by atoms with Crippen LogP contribution < -0.4 is 5.32 Å². The molecule has 1 fully saturated rings. The van der Waals surface area contributed by atoms with E-state index in [1.807, 2.05) is 38.1 Å². The molecule has 0 saturated heterocycles. The summed E-state index contributed by atoms with van der Waals surface area (Å²) in [5.41, 5.74) is 3.31. The van der Waals surface area contributed by atoms with Crippen molar-refractivity contribution in [1.29, 1.82) is 5.26 Å². The summed E-state index contributed by atoms with van der Waals surface area (Å²) in [6, 6.07) is 15.3. The first kappa shape index (κ1) is 22.4. The molecule has 6 nitrogen and oxygen atoms in total. The van der Waals surface area contributed by atoms with E-state index in [0.717, 1.165) is 36.1 Å². The highest BCUT2D eigenvalue weighted by Gasteiger charge is 2.39. The van der Waals surface area contributed by atoms with Crippen molar-refractivity contribution in [3.05, 3.63) is 59.2 Å². The van der Waals surface area contributed by atoms with Crippen LogP contribution in [-0.4, -0.2) is 36.0 Å². The number of carbonyl (C=O) groups is 2. The van der Waals surface area contributed by atoms with Gasteiger partial charge < -0.3 is 15.0 Å². The molecule has 6 heteroatoms. The highest BCUT2D eigenvalue weighted by Crippen LogP contribution is 2.32. The quantitative estimate of drug-likeness (QED) is 0.674. The maximum Gasteiger partial charge on any atom is 0.340 e.